The van der Waals surface area contributed by atoms with Crippen LogP contribution in [0.25, 0.3) is 17.0 Å². The average Bonchev–Trinajstić information content (AvgIpc) is 2.78. The summed E-state index contributed by atoms with van der Waals surface area (Å²) in [4.78, 5) is 11.2. The Morgan fingerprint density at radius 1 is 1.45 bits per heavy atom. The number of rotatable bonds is 5. The Hall–Kier alpha value is -2.07. The summed E-state index contributed by atoms with van der Waals surface area (Å²) in [7, 11) is 1.99. The fourth-order valence-corrected chi connectivity index (χ4v) is 2.67. The lowest BCUT2D eigenvalue weighted by atomic mass is 9.95. The van der Waals surface area contributed by atoms with E-state index in [4.69, 9.17) is 5.73 Å². The van der Waals surface area contributed by atoms with E-state index in [1.54, 1.807) is 0 Å². The molecule has 0 saturated heterocycles. The number of benzene rings is 1. The van der Waals surface area contributed by atoms with Gasteiger partial charge in [0, 0.05) is 30.2 Å². The number of aromatic nitrogens is 1. The van der Waals surface area contributed by atoms with E-state index in [2.05, 4.69) is 11.1 Å². The summed E-state index contributed by atoms with van der Waals surface area (Å²) in [6.45, 7) is 10.00. The van der Waals surface area contributed by atoms with Gasteiger partial charge >= 0.3 is 5.97 Å². The second kappa shape index (κ2) is 7.80. The molecule has 1 unspecified atom stereocenters. The first kappa shape index (κ1) is 18.0. The Bertz CT molecular complexity index is 671. The summed E-state index contributed by atoms with van der Waals surface area (Å²) < 4.78 is 2.09. The van der Waals surface area contributed by atoms with Crippen molar-refractivity contribution in [2.75, 3.05) is 6.54 Å². The Morgan fingerprint density at radius 3 is 2.59 bits per heavy atom. The summed E-state index contributed by atoms with van der Waals surface area (Å²) in [5, 5.41) is 10.3. The van der Waals surface area contributed by atoms with E-state index in [-0.39, 0.29) is 6.54 Å². The monoisotopic (exact) mass is 302 g/mol. The van der Waals surface area contributed by atoms with Gasteiger partial charge in [0.2, 0.25) is 0 Å². The summed E-state index contributed by atoms with van der Waals surface area (Å²) in [5.41, 5.74) is 9.84. The Kier molecular flexibility index (Phi) is 6.38. The number of carboxylic acids is 1. The predicted octanol–water partition coefficient (Wildman–Crippen LogP) is 3.36. The van der Waals surface area contributed by atoms with Gasteiger partial charge in [-0.25, -0.2) is 0 Å². The molecule has 2 rings (SSSR count). The summed E-state index contributed by atoms with van der Waals surface area (Å²) in [6.07, 6.45) is 2.25. The smallest absolute Gasteiger partial charge is 0.308 e. The lowest BCUT2D eigenvalue weighted by Crippen LogP contribution is -2.25. The standard InChI is InChI=1S/C16H20N2O2.C2H6/c1-4-11-6-5-7-14-15(11)13(10(2)18(14)3)8-12(9-17)16(19)20;1-2/h4-7,12H,1,8-9,17H2,2-3H3,(H,19,20);1-2H3. The van der Waals surface area contributed by atoms with Crippen molar-refractivity contribution in [3.63, 3.8) is 0 Å². The number of fused-ring (bicyclic) bond motifs is 1. The number of hydrogen-bond donors (Lipinski definition) is 2. The van der Waals surface area contributed by atoms with Gasteiger partial charge in [0.05, 0.1) is 5.92 Å². The summed E-state index contributed by atoms with van der Waals surface area (Å²) in [5.74, 6) is -1.41. The molecule has 0 bridgehead atoms. The fourth-order valence-electron chi connectivity index (χ4n) is 2.67. The maximum absolute atomic E-state index is 11.2. The minimum atomic E-state index is -0.847. The molecular weight excluding hydrogens is 276 g/mol. The Balaban J connectivity index is 0.00000116. The molecule has 0 aliphatic rings. The van der Waals surface area contributed by atoms with Gasteiger partial charge in [-0.3, -0.25) is 4.79 Å². The van der Waals surface area contributed by atoms with Crippen molar-refractivity contribution in [1.29, 1.82) is 0 Å². The maximum atomic E-state index is 11.2. The molecule has 2 aromatic rings. The number of hydrogen-bond acceptors (Lipinski definition) is 2. The van der Waals surface area contributed by atoms with Crippen LogP contribution in [-0.4, -0.2) is 22.2 Å². The number of nitrogens with zero attached hydrogens (tertiary/aromatic N) is 1. The minimum absolute atomic E-state index is 0.140. The summed E-state index contributed by atoms with van der Waals surface area (Å²) >= 11 is 0. The molecular formula is C18H26N2O2. The van der Waals surface area contributed by atoms with Crippen LogP contribution in [0.2, 0.25) is 0 Å². The van der Waals surface area contributed by atoms with Crippen LogP contribution in [0.1, 0.15) is 30.7 Å². The highest BCUT2D eigenvalue weighted by molar-refractivity contribution is 5.93. The predicted molar refractivity (Wildman–Crippen MR) is 93.0 cm³/mol. The molecule has 0 amide bonds. The van der Waals surface area contributed by atoms with Crippen LogP contribution < -0.4 is 5.73 Å². The molecule has 4 nitrogen and oxygen atoms in total. The molecule has 120 valence electrons. The number of carbonyl (C=O) groups is 1. The fraction of sp³-hybridized carbons (Fsp3) is 0.389. The van der Waals surface area contributed by atoms with Gasteiger partial charge in [-0.2, -0.15) is 0 Å². The van der Waals surface area contributed by atoms with E-state index in [0.29, 0.717) is 6.42 Å². The minimum Gasteiger partial charge on any atom is -0.481 e. The largest absolute Gasteiger partial charge is 0.481 e. The van der Waals surface area contributed by atoms with E-state index in [1.807, 2.05) is 52.1 Å². The van der Waals surface area contributed by atoms with Crippen molar-refractivity contribution in [3.8, 4) is 0 Å². The van der Waals surface area contributed by atoms with Crippen LogP contribution in [0.5, 0.6) is 0 Å². The first-order valence-corrected chi connectivity index (χ1v) is 7.63. The average molecular weight is 302 g/mol. The molecule has 0 spiro atoms. The van der Waals surface area contributed by atoms with E-state index in [0.717, 1.165) is 27.7 Å². The third kappa shape index (κ3) is 3.22. The van der Waals surface area contributed by atoms with Crippen LogP contribution >= 0.6 is 0 Å². The van der Waals surface area contributed by atoms with Crippen LogP contribution in [0.3, 0.4) is 0 Å². The lowest BCUT2D eigenvalue weighted by molar-refractivity contribution is -0.141. The zero-order valence-electron chi connectivity index (χ0n) is 13.9. The summed E-state index contributed by atoms with van der Waals surface area (Å²) in [6, 6.07) is 6.02. The van der Waals surface area contributed by atoms with Gasteiger partial charge in [0.1, 0.15) is 0 Å². The highest BCUT2D eigenvalue weighted by Gasteiger charge is 2.21. The van der Waals surface area contributed by atoms with Crippen molar-refractivity contribution in [2.24, 2.45) is 18.7 Å². The van der Waals surface area contributed by atoms with Crippen LogP contribution in [-0.2, 0) is 18.3 Å². The molecule has 1 aromatic carbocycles. The molecule has 1 atom stereocenters. The third-order valence-electron chi connectivity index (χ3n) is 3.98. The Morgan fingerprint density at radius 2 is 2.09 bits per heavy atom. The van der Waals surface area contributed by atoms with E-state index < -0.39 is 11.9 Å². The number of aliphatic carboxylic acids is 1. The van der Waals surface area contributed by atoms with Crippen molar-refractivity contribution in [3.05, 3.63) is 41.6 Å². The quantitative estimate of drug-likeness (QED) is 0.890. The van der Waals surface area contributed by atoms with Gasteiger partial charge in [-0.1, -0.05) is 38.6 Å². The first-order valence-electron chi connectivity index (χ1n) is 7.63. The molecule has 22 heavy (non-hydrogen) atoms. The van der Waals surface area contributed by atoms with Crippen LogP contribution in [0.4, 0.5) is 0 Å². The molecule has 1 heterocycles. The normalized spacial score (nSPS) is 11.7. The number of nitrogens with two attached hydrogens (primary N) is 1. The highest BCUT2D eigenvalue weighted by atomic mass is 16.4. The van der Waals surface area contributed by atoms with Gasteiger partial charge in [-0.15, -0.1) is 0 Å². The molecule has 0 aliphatic carbocycles. The zero-order chi connectivity index (χ0) is 16.9. The Labute approximate surface area is 132 Å². The second-order valence-electron chi connectivity index (χ2n) is 5.04. The van der Waals surface area contributed by atoms with E-state index in [9.17, 15) is 9.90 Å². The third-order valence-corrected chi connectivity index (χ3v) is 3.98. The SMILES string of the molecule is C=Cc1cccc2c1c(CC(CN)C(=O)O)c(C)n2C.CC. The lowest BCUT2D eigenvalue weighted by Gasteiger charge is -2.10. The molecule has 0 radical (unpaired) electrons. The van der Waals surface area contributed by atoms with Gasteiger partial charge < -0.3 is 15.4 Å². The first-order chi connectivity index (χ1) is 10.5. The topological polar surface area (TPSA) is 68.2 Å². The van der Waals surface area contributed by atoms with Gasteiger partial charge in [0.25, 0.3) is 0 Å². The van der Waals surface area contributed by atoms with Crippen molar-refractivity contribution >= 4 is 22.9 Å². The van der Waals surface area contributed by atoms with Crippen LogP contribution in [0, 0.1) is 12.8 Å². The van der Waals surface area contributed by atoms with Gasteiger partial charge in [0.15, 0.2) is 0 Å². The van der Waals surface area contributed by atoms with Gasteiger partial charge in [-0.05, 0) is 30.5 Å². The molecule has 0 aliphatic heterocycles. The van der Waals surface area contributed by atoms with E-state index in [1.165, 1.54) is 0 Å². The number of aryl methyl sites for hydroxylation is 1. The van der Waals surface area contributed by atoms with E-state index >= 15 is 0 Å². The zero-order valence-corrected chi connectivity index (χ0v) is 13.9. The van der Waals surface area contributed by atoms with Crippen molar-refractivity contribution < 1.29 is 9.90 Å². The molecule has 0 saturated carbocycles. The van der Waals surface area contributed by atoms with Crippen molar-refractivity contribution in [2.45, 2.75) is 27.2 Å². The molecule has 3 N–H and O–H groups in total. The maximum Gasteiger partial charge on any atom is 0.308 e. The number of carboxylic acid groups (broad SMARTS) is 1. The molecule has 0 fully saturated rings. The molecule has 4 heteroatoms. The van der Waals surface area contributed by atoms with Crippen LogP contribution in [0.15, 0.2) is 24.8 Å². The second-order valence-corrected chi connectivity index (χ2v) is 5.04. The molecule has 1 aromatic heterocycles. The van der Waals surface area contributed by atoms with Crippen molar-refractivity contribution in [1.82, 2.24) is 4.57 Å². The highest BCUT2D eigenvalue weighted by Crippen LogP contribution is 2.30.